The molecule has 0 unspecified atom stereocenters. The monoisotopic (exact) mass is 248 g/mol. The van der Waals surface area contributed by atoms with Crippen LogP contribution in [0.4, 0.5) is 0 Å². The standard InChI is InChI=1S/C17H12O2/c18-14-7-8-15(19)17-11-6-5-10(9-11)16(14,17)12-3-1-2-4-13(12)17/h1-8,10-11H,9H2/t10-,11+,16-,17+. The molecule has 0 saturated heterocycles. The van der Waals surface area contributed by atoms with Crippen LogP contribution in [0.15, 0.2) is 48.6 Å². The van der Waals surface area contributed by atoms with Crippen LogP contribution in [0.5, 0.6) is 0 Å². The van der Waals surface area contributed by atoms with E-state index in [0.717, 1.165) is 17.5 Å². The number of hydrogen-bond acceptors (Lipinski definition) is 2. The first-order valence-electron chi connectivity index (χ1n) is 6.79. The lowest BCUT2D eigenvalue weighted by atomic mass is 9.39. The zero-order valence-corrected chi connectivity index (χ0v) is 10.3. The summed E-state index contributed by atoms with van der Waals surface area (Å²) in [5.74, 6) is 0.660. The molecular formula is C17H12O2. The number of benzene rings is 1. The lowest BCUT2D eigenvalue weighted by molar-refractivity contribution is -0.137. The average Bonchev–Trinajstić information content (AvgIpc) is 2.97. The molecule has 2 heteroatoms. The summed E-state index contributed by atoms with van der Waals surface area (Å²) >= 11 is 0. The van der Waals surface area contributed by atoms with Gasteiger partial charge in [0.05, 0.1) is 10.8 Å². The summed E-state index contributed by atoms with van der Waals surface area (Å²) in [6.45, 7) is 0. The van der Waals surface area contributed by atoms with Crippen molar-refractivity contribution in [1.82, 2.24) is 0 Å². The van der Waals surface area contributed by atoms with Crippen molar-refractivity contribution in [2.45, 2.75) is 17.3 Å². The van der Waals surface area contributed by atoms with Crippen molar-refractivity contribution in [3.8, 4) is 0 Å². The van der Waals surface area contributed by atoms with Crippen LogP contribution in [0.3, 0.4) is 0 Å². The maximum Gasteiger partial charge on any atom is 0.168 e. The third kappa shape index (κ3) is 0.683. The van der Waals surface area contributed by atoms with Gasteiger partial charge in [0.15, 0.2) is 11.6 Å². The zero-order chi connectivity index (χ0) is 12.8. The third-order valence-corrected chi connectivity index (χ3v) is 5.76. The molecule has 0 heterocycles. The highest BCUT2D eigenvalue weighted by Gasteiger charge is 2.79. The van der Waals surface area contributed by atoms with Gasteiger partial charge in [-0.1, -0.05) is 36.4 Å². The Morgan fingerprint density at radius 2 is 1.32 bits per heavy atom. The fraction of sp³-hybridized carbons (Fsp3) is 0.294. The minimum absolute atomic E-state index is 0.127. The second-order valence-electron chi connectivity index (χ2n) is 6.06. The summed E-state index contributed by atoms with van der Waals surface area (Å²) in [5.41, 5.74) is 1.04. The predicted octanol–water partition coefficient (Wildman–Crippen LogP) is 2.09. The maximum atomic E-state index is 12.7. The summed E-state index contributed by atoms with van der Waals surface area (Å²) in [6.07, 6.45) is 8.26. The molecule has 0 amide bonds. The normalized spacial score (nSPS) is 43.8. The molecule has 0 spiro atoms. The fourth-order valence-corrected chi connectivity index (χ4v) is 5.29. The molecule has 2 nitrogen and oxygen atoms in total. The molecule has 1 aromatic carbocycles. The maximum absolute atomic E-state index is 12.7. The second-order valence-corrected chi connectivity index (χ2v) is 6.06. The van der Waals surface area contributed by atoms with Gasteiger partial charge in [0, 0.05) is 0 Å². The number of ketones is 2. The van der Waals surface area contributed by atoms with Crippen molar-refractivity contribution < 1.29 is 9.59 Å². The van der Waals surface area contributed by atoms with Crippen molar-refractivity contribution in [3.05, 3.63) is 59.7 Å². The topological polar surface area (TPSA) is 34.1 Å². The van der Waals surface area contributed by atoms with Crippen LogP contribution in [-0.2, 0) is 20.4 Å². The molecule has 4 aliphatic carbocycles. The molecule has 1 fully saturated rings. The van der Waals surface area contributed by atoms with Gasteiger partial charge >= 0.3 is 0 Å². The molecule has 1 saturated carbocycles. The number of carbonyl (C=O) groups excluding carboxylic acids is 2. The predicted molar refractivity (Wildman–Crippen MR) is 69.7 cm³/mol. The van der Waals surface area contributed by atoms with Gasteiger partial charge in [-0.3, -0.25) is 9.59 Å². The Labute approximate surface area is 110 Å². The Hall–Kier alpha value is -1.96. The molecule has 2 bridgehead atoms. The van der Waals surface area contributed by atoms with Gasteiger partial charge in [0.25, 0.3) is 0 Å². The molecule has 0 aromatic heterocycles. The van der Waals surface area contributed by atoms with E-state index in [9.17, 15) is 9.59 Å². The van der Waals surface area contributed by atoms with E-state index >= 15 is 0 Å². The highest BCUT2D eigenvalue weighted by atomic mass is 16.1. The summed E-state index contributed by atoms with van der Waals surface area (Å²) in [4.78, 5) is 25.4. The van der Waals surface area contributed by atoms with Crippen molar-refractivity contribution >= 4 is 11.6 Å². The van der Waals surface area contributed by atoms with Crippen LogP contribution in [-0.4, -0.2) is 11.6 Å². The molecule has 0 aliphatic heterocycles. The van der Waals surface area contributed by atoms with Gasteiger partial charge in [-0.05, 0) is 41.5 Å². The first-order valence-corrected chi connectivity index (χ1v) is 6.79. The molecule has 0 radical (unpaired) electrons. The number of rotatable bonds is 0. The van der Waals surface area contributed by atoms with E-state index in [-0.39, 0.29) is 23.4 Å². The largest absolute Gasteiger partial charge is 0.294 e. The van der Waals surface area contributed by atoms with Gasteiger partial charge in [-0.2, -0.15) is 0 Å². The Morgan fingerprint density at radius 1 is 0.842 bits per heavy atom. The van der Waals surface area contributed by atoms with Crippen molar-refractivity contribution in [2.24, 2.45) is 11.8 Å². The lowest BCUT2D eigenvalue weighted by Gasteiger charge is -2.60. The summed E-state index contributed by atoms with van der Waals surface area (Å²) in [6, 6.07) is 8.02. The number of hydrogen-bond donors (Lipinski definition) is 0. The van der Waals surface area contributed by atoms with Gasteiger partial charge in [-0.25, -0.2) is 0 Å². The van der Waals surface area contributed by atoms with E-state index in [2.05, 4.69) is 12.2 Å². The molecule has 92 valence electrons. The molecule has 1 aromatic rings. The van der Waals surface area contributed by atoms with Crippen LogP contribution in [0.1, 0.15) is 17.5 Å². The van der Waals surface area contributed by atoms with E-state index in [4.69, 9.17) is 0 Å². The Bertz CT molecular complexity index is 668. The molecule has 4 aliphatic rings. The summed E-state index contributed by atoms with van der Waals surface area (Å²) in [5, 5.41) is 0. The van der Waals surface area contributed by atoms with E-state index in [0.29, 0.717) is 0 Å². The second kappa shape index (κ2) is 2.64. The van der Waals surface area contributed by atoms with Crippen LogP contribution in [0, 0.1) is 11.8 Å². The van der Waals surface area contributed by atoms with Crippen molar-refractivity contribution in [2.75, 3.05) is 0 Å². The minimum atomic E-state index is -0.575. The summed E-state index contributed by atoms with van der Waals surface area (Å²) < 4.78 is 0. The van der Waals surface area contributed by atoms with Crippen molar-refractivity contribution in [3.63, 3.8) is 0 Å². The number of allylic oxidation sites excluding steroid dienone is 4. The molecule has 5 rings (SSSR count). The van der Waals surface area contributed by atoms with E-state index in [1.165, 1.54) is 12.2 Å². The summed E-state index contributed by atoms with van der Waals surface area (Å²) in [7, 11) is 0. The van der Waals surface area contributed by atoms with E-state index in [1.54, 1.807) is 0 Å². The van der Waals surface area contributed by atoms with Crippen molar-refractivity contribution in [1.29, 1.82) is 0 Å². The van der Waals surface area contributed by atoms with Crippen LogP contribution in [0.2, 0.25) is 0 Å². The first kappa shape index (κ1) is 9.90. The third-order valence-electron chi connectivity index (χ3n) is 5.76. The van der Waals surface area contributed by atoms with Crippen LogP contribution in [0.25, 0.3) is 0 Å². The number of fused-ring (bicyclic) bond motifs is 3. The van der Waals surface area contributed by atoms with Crippen LogP contribution >= 0.6 is 0 Å². The Kier molecular flexibility index (Phi) is 1.38. The van der Waals surface area contributed by atoms with Gasteiger partial charge in [-0.15, -0.1) is 0 Å². The number of carbonyl (C=O) groups is 2. The smallest absolute Gasteiger partial charge is 0.168 e. The Morgan fingerprint density at radius 3 is 1.79 bits per heavy atom. The quantitative estimate of drug-likeness (QED) is 0.659. The molecule has 4 atom stereocenters. The first-order chi connectivity index (χ1) is 9.24. The van der Waals surface area contributed by atoms with E-state index < -0.39 is 10.8 Å². The minimum Gasteiger partial charge on any atom is -0.294 e. The van der Waals surface area contributed by atoms with Crippen LogP contribution < -0.4 is 0 Å². The highest BCUT2D eigenvalue weighted by molar-refractivity contribution is 6.21. The lowest BCUT2D eigenvalue weighted by Crippen LogP contribution is -2.69. The fourth-order valence-electron chi connectivity index (χ4n) is 5.29. The molecular weight excluding hydrogens is 236 g/mol. The average molecular weight is 248 g/mol. The molecule has 0 N–H and O–H groups in total. The highest BCUT2D eigenvalue weighted by Crippen LogP contribution is 2.74. The SMILES string of the molecule is O=C1C=CC(=O)[C@]23c4ccccc4[C@]12[C@@H]1C=C[C@H]3C1. The Balaban J connectivity index is 1.98. The van der Waals surface area contributed by atoms with E-state index in [1.807, 2.05) is 24.3 Å². The molecule has 19 heavy (non-hydrogen) atoms. The zero-order valence-electron chi connectivity index (χ0n) is 10.3. The van der Waals surface area contributed by atoms with Gasteiger partial charge in [0.1, 0.15) is 0 Å². The van der Waals surface area contributed by atoms with Gasteiger partial charge < -0.3 is 0 Å². The van der Waals surface area contributed by atoms with Gasteiger partial charge in [0.2, 0.25) is 0 Å².